The Morgan fingerprint density at radius 3 is 2.74 bits per heavy atom. The number of nitrogens with two attached hydrogens (primary N) is 2. The number of hydrogen-bond donors (Lipinski definition) is 3. The smallest absolute Gasteiger partial charge is 0.389 e. The van der Waals surface area contributed by atoms with Crippen LogP contribution in [0.1, 0.15) is 19.0 Å². The van der Waals surface area contributed by atoms with Gasteiger partial charge in [0.25, 0.3) is 0 Å². The fraction of sp³-hybridized carbons (Fsp3) is 0.438. The van der Waals surface area contributed by atoms with E-state index in [2.05, 4.69) is 15.0 Å². The van der Waals surface area contributed by atoms with Crippen LogP contribution in [0.2, 0.25) is 0 Å². The van der Waals surface area contributed by atoms with Crippen molar-refractivity contribution in [2.24, 2.45) is 5.73 Å². The first-order valence-corrected chi connectivity index (χ1v) is 8.94. The molecule has 0 saturated carbocycles. The molecule has 0 amide bonds. The number of β-amino-alcohol motifs (C(OH)–C–C–N with tert-alkyl or cyclic N) is 1. The van der Waals surface area contributed by atoms with Crippen LogP contribution in [0.5, 0.6) is 0 Å². The molecule has 1 saturated heterocycles. The van der Waals surface area contributed by atoms with Crippen molar-refractivity contribution < 1.29 is 18.3 Å². The molecule has 1 aliphatic heterocycles. The van der Waals surface area contributed by atoms with Gasteiger partial charge in [-0.25, -0.2) is 9.97 Å². The maximum absolute atomic E-state index is 13.1. The monoisotopic (exact) mass is 400 g/mol. The van der Waals surface area contributed by atoms with Crippen LogP contribution >= 0.6 is 11.8 Å². The highest BCUT2D eigenvalue weighted by molar-refractivity contribution is 7.99. The van der Waals surface area contributed by atoms with E-state index in [0.717, 1.165) is 18.0 Å². The van der Waals surface area contributed by atoms with Gasteiger partial charge in [-0.2, -0.15) is 13.2 Å². The van der Waals surface area contributed by atoms with Crippen LogP contribution in [0.3, 0.4) is 0 Å². The highest BCUT2D eigenvalue weighted by Gasteiger charge is 2.37. The summed E-state index contributed by atoms with van der Waals surface area (Å²) >= 11 is 0.754. The molecule has 7 nitrogen and oxygen atoms in total. The van der Waals surface area contributed by atoms with Crippen molar-refractivity contribution in [3.05, 3.63) is 30.2 Å². The van der Waals surface area contributed by atoms with Gasteiger partial charge in [-0.05, 0) is 25.5 Å². The zero-order valence-electron chi connectivity index (χ0n) is 14.4. The van der Waals surface area contributed by atoms with Crippen molar-refractivity contribution in [1.82, 2.24) is 15.0 Å². The minimum atomic E-state index is -4.58. The van der Waals surface area contributed by atoms with Gasteiger partial charge in [0, 0.05) is 29.7 Å². The van der Waals surface area contributed by atoms with Crippen molar-refractivity contribution in [2.45, 2.75) is 41.1 Å². The Labute approximate surface area is 158 Å². The summed E-state index contributed by atoms with van der Waals surface area (Å²) in [7, 11) is 0. The Balaban J connectivity index is 1.81. The van der Waals surface area contributed by atoms with Gasteiger partial charge in [0.2, 0.25) is 0 Å². The third kappa shape index (κ3) is 4.25. The average molecular weight is 400 g/mol. The molecular weight excluding hydrogens is 381 g/mol. The van der Waals surface area contributed by atoms with E-state index >= 15 is 0 Å². The van der Waals surface area contributed by atoms with Gasteiger partial charge in [-0.15, -0.1) is 0 Å². The van der Waals surface area contributed by atoms with Gasteiger partial charge in [-0.3, -0.25) is 4.98 Å². The first-order chi connectivity index (χ1) is 12.6. The van der Waals surface area contributed by atoms with E-state index in [1.54, 1.807) is 11.8 Å². The lowest BCUT2D eigenvalue weighted by atomic mass is 9.88. The lowest BCUT2D eigenvalue weighted by Gasteiger charge is -2.41. The Kier molecular flexibility index (Phi) is 5.19. The van der Waals surface area contributed by atoms with Gasteiger partial charge < -0.3 is 21.5 Å². The lowest BCUT2D eigenvalue weighted by molar-refractivity contribution is -0.143. The number of nitrogens with zero attached hydrogens (tertiary/aromatic N) is 4. The van der Waals surface area contributed by atoms with Crippen LogP contribution in [0.25, 0.3) is 0 Å². The molecule has 0 bridgehead atoms. The molecule has 2 aromatic rings. The molecule has 0 aromatic carbocycles. The highest BCUT2D eigenvalue weighted by Crippen LogP contribution is 2.39. The summed E-state index contributed by atoms with van der Waals surface area (Å²) in [4.78, 5) is 13.5. The van der Waals surface area contributed by atoms with Gasteiger partial charge >= 0.3 is 6.18 Å². The normalized spacial score (nSPS) is 23.5. The van der Waals surface area contributed by atoms with E-state index < -0.39 is 23.5 Å². The quantitative estimate of drug-likeness (QED) is 0.716. The fourth-order valence-corrected chi connectivity index (χ4v) is 3.54. The number of aliphatic hydroxyl groups is 1. The largest absolute Gasteiger partial charge is 0.434 e. The zero-order chi connectivity index (χ0) is 19.8. The summed E-state index contributed by atoms with van der Waals surface area (Å²) in [5.74, 6) is 0.443. The maximum Gasteiger partial charge on any atom is 0.434 e. The third-order valence-electron chi connectivity index (χ3n) is 4.40. The van der Waals surface area contributed by atoms with Crippen LogP contribution in [0.4, 0.5) is 24.8 Å². The van der Waals surface area contributed by atoms with Crippen molar-refractivity contribution in [2.75, 3.05) is 23.7 Å². The number of hydrogen-bond acceptors (Lipinski definition) is 8. The Hall–Kier alpha value is -2.11. The van der Waals surface area contributed by atoms with Gasteiger partial charge in [0.1, 0.15) is 10.8 Å². The van der Waals surface area contributed by atoms with Crippen molar-refractivity contribution in [3.8, 4) is 0 Å². The minimum Gasteiger partial charge on any atom is -0.389 e. The predicted octanol–water partition coefficient (Wildman–Crippen LogP) is 1.91. The highest BCUT2D eigenvalue weighted by atomic mass is 32.2. The van der Waals surface area contributed by atoms with Crippen molar-refractivity contribution in [3.63, 3.8) is 0 Å². The number of pyridine rings is 1. The summed E-state index contributed by atoms with van der Waals surface area (Å²) in [6.45, 7) is 2.61. The summed E-state index contributed by atoms with van der Waals surface area (Å²) in [6.07, 6.45) is -2.26. The molecule has 0 spiro atoms. The summed E-state index contributed by atoms with van der Waals surface area (Å²) < 4.78 is 39.2. The summed E-state index contributed by atoms with van der Waals surface area (Å²) in [5.41, 5.74) is 10.2. The topological polar surface area (TPSA) is 114 Å². The number of piperidine rings is 1. The van der Waals surface area contributed by atoms with Crippen LogP contribution in [-0.2, 0) is 6.18 Å². The predicted molar refractivity (Wildman–Crippen MR) is 95.2 cm³/mol. The molecule has 27 heavy (non-hydrogen) atoms. The molecule has 3 rings (SSSR count). The molecule has 146 valence electrons. The summed E-state index contributed by atoms with van der Waals surface area (Å²) in [5, 5.41) is 10.3. The van der Waals surface area contributed by atoms with Crippen LogP contribution in [0.15, 0.2) is 34.4 Å². The minimum absolute atomic E-state index is 0.00468. The van der Waals surface area contributed by atoms with E-state index in [4.69, 9.17) is 11.5 Å². The third-order valence-corrected chi connectivity index (χ3v) is 5.45. The number of alkyl halides is 3. The number of aromatic nitrogens is 3. The van der Waals surface area contributed by atoms with Crippen LogP contribution in [0, 0.1) is 0 Å². The molecule has 0 aliphatic carbocycles. The molecule has 11 heteroatoms. The van der Waals surface area contributed by atoms with E-state index in [0.29, 0.717) is 18.8 Å². The van der Waals surface area contributed by atoms with E-state index in [-0.39, 0.29) is 22.3 Å². The van der Waals surface area contributed by atoms with E-state index in [1.165, 1.54) is 18.3 Å². The molecule has 5 N–H and O–H groups in total. The van der Waals surface area contributed by atoms with Crippen LogP contribution in [-0.4, -0.2) is 44.8 Å². The van der Waals surface area contributed by atoms with Crippen LogP contribution < -0.4 is 16.4 Å². The number of anilines is 2. The number of halogens is 3. The number of nitrogen functional groups attached to an aromatic ring is 1. The van der Waals surface area contributed by atoms with Crippen molar-refractivity contribution >= 4 is 23.4 Å². The van der Waals surface area contributed by atoms with Gasteiger partial charge in [-0.1, -0.05) is 11.8 Å². The van der Waals surface area contributed by atoms with Gasteiger partial charge in [0.15, 0.2) is 11.5 Å². The molecule has 0 unspecified atom stereocenters. The average Bonchev–Trinajstić information content (AvgIpc) is 2.59. The zero-order valence-corrected chi connectivity index (χ0v) is 15.3. The fourth-order valence-electron chi connectivity index (χ4n) is 2.66. The molecule has 0 radical (unpaired) electrons. The maximum atomic E-state index is 13.1. The molecule has 3 heterocycles. The standard InChI is InChI=1S/C16H19F3N6OS/c1-15(21)4-6-25(8-10(15)26)11-7-23-14(13(20)24-11)27-9-3-2-5-22-12(9)16(17,18)19/h2-3,5,7,10,26H,4,6,8,21H2,1H3,(H2,20,24)/t10-,15-/m1/s1. The second kappa shape index (κ2) is 7.13. The first-order valence-electron chi connectivity index (χ1n) is 8.12. The molecular formula is C16H19F3N6OS. The molecule has 2 aromatic heterocycles. The Bertz CT molecular complexity index is 832. The van der Waals surface area contributed by atoms with E-state index in [1.807, 2.05) is 0 Å². The molecule has 1 fully saturated rings. The SMILES string of the molecule is C[C@@]1(N)CCN(c2cnc(Sc3cccnc3C(F)(F)F)c(N)n2)C[C@H]1O. The Morgan fingerprint density at radius 1 is 1.37 bits per heavy atom. The van der Waals surface area contributed by atoms with Crippen molar-refractivity contribution in [1.29, 1.82) is 0 Å². The second-order valence-electron chi connectivity index (χ2n) is 6.59. The molecule has 2 atom stereocenters. The number of aliphatic hydroxyl groups excluding tert-OH is 1. The van der Waals surface area contributed by atoms with E-state index in [9.17, 15) is 18.3 Å². The molecule has 1 aliphatic rings. The Morgan fingerprint density at radius 2 is 2.11 bits per heavy atom. The lowest BCUT2D eigenvalue weighted by Crippen LogP contribution is -2.59. The first kappa shape index (κ1) is 19.6. The van der Waals surface area contributed by atoms with Gasteiger partial charge in [0.05, 0.1) is 12.3 Å². The number of rotatable bonds is 3. The summed E-state index contributed by atoms with van der Waals surface area (Å²) in [6, 6.07) is 2.72. The second-order valence-corrected chi connectivity index (χ2v) is 7.62.